The highest BCUT2D eigenvalue weighted by atomic mass is 32.2. The van der Waals surface area contributed by atoms with Crippen LogP contribution in [0.1, 0.15) is 10.4 Å². The topological polar surface area (TPSA) is 35.2 Å². The molecular formula is C13H15NOS2. The molecule has 90 valence electrons. The molecule has 2 N–H and O–H groups in total. The van der Waals surface area contributed by atoms with Crippen LogP contribution in [0.4, 0.5) is 0 Å². The normalized spacial score (nSPS) is 10.5. The largest absolute Gasteiger partial charge is 0.488 e. The van der Waals surface area contributed by atoms with Crippen molar-refractivity contribution < 1.29 is 4.74 Å². The standard InChI is InChI=1S/C13H15NOS2/c1-16-13-6-2-5-12(11(13)8-14)15-9-10-4-3-7-17-10/h2-7H,8-9,14H2,1H3. The number of nitrogens with two attached hydrogens (primary N) is 1. The van der Waals surface area contributed by atoms with E-state index >= 15 is 0 Å². The summed E-state index contributed by atoms with van der Waals surface area (Å²) in [6.45, 7) is 1.12. The highest BCUT2D eigenvalue weighted by Crippen LogP contribution is 2.29. The average molecular weight is 265 g/mol. The van der Waals surface area contributed by atoms with E-state index in [0.29, 0.717) is 13.2 Å². The van der Waals surface area contributed by atoms with E-state index in [1.54, 1.807) is 23.1 Å². The molecule has 2 aromatic rings. The molecule has 1 aromatic carbocycles. The zero-order chi connectivity index (χ0) is 12.1. The van der Waals surface area contributed by atoms with Crippen LogP contribution in [0.15, 0.2) is 40.6 Å². The lowest BCUT2D eigenvalue weighted by Gasteiger charge is -2.12. The third-order valence-electron chi connectivity index (χ3n) is 2.46. The Kier molecular flexibility index (Phi) is 4.48. The second-order valence-corrected chi connectivity index (χ2v) is 5.39. The molecule has 0 atom stereocenters. The average Bonchev–Trinajstić information content (AvgIpc) is 2.88. The molecular weight excluding hydrogens is 250 g/mol. The van der Waals surface area contributed by atoms with E-state index in [4.69, 9.17) is 10.5 Å². The molecule has 0 bridgehead atoms. The zero-order valence-corrected chi connectivity index (χ0v) is 11.3. The van der Waals surface area contributed by atoms with Crippen LogP contribution >= 0.6 is 23.1 Å². The highest BCUT2D eigenvalue weighted by Gasteiger charge is 2.07. The van der Waals surface area contributed by atoms with Crippen molar-refractivity contribution in [2.75, 3.05) is 6.26 Å². The van der Waals surface area contributed by atoms with Crippen molar-refractivity contribution in [3.05, 3.63) is 46.2 Å². The molecule has 0 fully saturated rings. The second-order valence-electron chi connectivity index (χ2n) is 3.51. The van der Waals surface area contributed by atoms with Crippen LogP contribution in [0.25, 0.3) is 0 Å². The summed E-state index contributed by atoms with van der Waals surface area (Å²) >= 11 is 3.40. The van der Waals surface area contributed by atoms with E-state index in [2.05, 4.69) is 23.8 Å². The summed E-state index contributed by atoms with van der Waals surface area (Å²) in [5, 5.41) is 2.06. The van der Waals surface area contributed by atoms with Gasteiger partial charge in [-0.1, -0.05) is 12.1 Å². The highest BCUT2D eigenvalue weighted by molar-refractivity contribution is 7.98. The minimum absolute atomic E-state index is 0.511. The third kappa shape index (κ3) is 3.03. The summed E-state index contributed by atoms with van der Waals surface area (Å²) in [5.74, 6) is 0.896. The number of thiophene rings is 1. The molecule has 1 heterocycles. The smallest absolute Gasteiger partial charge is 0.125 e. The molecule has 4 heteroatoms. The number of ether oxygens (including phenoxy) is 1. The summed E-state index contributed by atoms with van der Waals surface area (Å²) in [5.41, 5.74) is 6.88. The van der Waals surface area contributed by atoms with Crippen LogP contribution in [0, 0.1) is 0 Å². The third-order valence-corrected chi connectivity index (χ3v) is 4.14. The first-order valence-corrected chi connectivity index (χ1v) is 7.46. The van der Waals surface area contributed by atoms with Crippen molar-refractivity contribution in [3.63, 3.8) is 0 Å². The van der Waals surface area contributed by atoms with Crippen LogP contribution in [0.3, 0.4) is 0 Å². The van der Waals surface area contributed by atoms with Gasteiger partial charge in [-0.2, -0.15) is 0 Å². The molecule has 0 aliphatic heterocycles. The van der Waals surface area contributed by atoms with Gasteiger partial charge in [0.2, 0.25) is 0 Å². The van der Waals surface area contributed by atoms with E-state index in [-0.39, 0.29) is 0 Å². The Morgan fingerprint density at radius 3 is 2.82 bits per heavy atom. The maximum Gasteiger partial charge on any atom is 0.125 e. The van der Waals surface area contributed by atoms with E-state index in [1.165, 1.54) is 9.77 Å². The lowest BCUT2D eigenvalue weighted by Crippen LogP contribution is -2.03. The van der Waals surface area contributed by atoms with Gasteiger partial charge >= 0.3 is 0 Å². The van der Waals surface area contributed by atoms with E-state index < -0.39 is 0 Å². The maximum atomic E-state index is 5.83. The van der Waals surface area contributed by atoms with Gasteiger partial charge in [-0.15, -0.1) is 23.1 Å². The van der Waals surface area contributed by atoms with Gasteiger partial charge in [0.25, 0.3) is 0 Å². The van der Waals surface area contributed by atoms with Crippen LogP contribution in [-0.4, -0.2) is 6.26 Å². The molecule has 0 aliphatic carbocycles. The van der Waals surface area contributed by atoms with Gasteiger partial charge < -0.3 is 10.5 Å². The Balaban J connectivity index is 2.14. The summed E-state index contributed by atoms with van der Waals surface area (Å²) in [6, 6.07) is 10.2. The minimum Gasteiger partial charge on any atom is -0.488 e. The fraction of sp³-hybridized carbons (Fsp3) is 0.231. The van der Waals surface area contributed by atoms with Crippen molar-refractivity contribution in [2.24, 2.45) is 5.73 Å². The van der Waals surface area contributed by atoms with Gasteiger partial charge in [0, 0.05) is 21.9 Å². The summed E-state index contributed by atoms with van der Waals surface area (Å²) in [4.78, 5) is 2.42. The van der Waals surface area contributed by atoms with E-state index in [0.717, 1.165) is 11.3 Å². The van der Waals surface area contributed by atoms with Gasteiger partial charge in [-0.25, -0.2) is 0 Å². The fourth-order valence-electron chi connectivity index (χ4n) is 1.62. The number of hydrogen-bond acceptors (Lipinski definition) is 4. The molecule has 0 saturated heterocycles. The summed E-state index contributed by atoms with van der Waals surface area (Å²) < 4.78 is 5.83. The fourth-order valence-corrected chi connectivity index (χ4v) is 2.88. The quantitative estimate of drug-likeness (QED) is 0.840. The SMILES string of the molecule is CSc1cccc(OCc2cccs2)c1CN. The maximum absolute atomic E-state index is 5.83. The number of rotatable bonds is 5. The lowest BCUT2D eigenvalue weighted by atomic mass is 10.2. The molecule has 17 heavy (non-hydrogen) atoms. The molecule has 1 aromatic heterocycles. The monoisotopic (exact) mass is 265 g/mol. The van der Waals surface area contributed by atoms with Crippen molar-refractivity contribution >= 4 is 23.1 Å². The van der Waals surface area contributed by atoms with Crippen molar-refractivity contribution in [3.8, 4) is 5.75 Å². The van der Waals surface area contributed by atoms with Crippen LogP contribution in [0.2, 0.25) is 0 Å². The molecule has 0 aliphatic rings. The molecule has 0 unspecified atom stereocenters. The molecule has 2 nitrogen and oxygen atoms in total. The first-order valence-electron chi connectivity index (χ1n) is 5.36. The number of benzene rings is 1. The Bertz CT molecular complexity index is 468. The molecule has 0 spiro atoms. The van der Waals surface area contributed by atoms with Crippen LogP contribution in [-0.2, 0) is 13.2 Å². The Morgan fingerprint density at radius 2 is 2.18 bits per heavy atom. The van der Waals surface area contributed by atoms with Crippen molar-refractivity contribution in [2.45, 2.75) is 18.0 Å². The Morgan fingerprint density at radius 1 is 1.29 bits per heavy atom. The van der Waals surface area contributed by atoms with Gasteiger partial charge in [0.05, 0.1) is 0 Å². The van der Waals surface area contributed by atoms with Gasteiger partial charge in [0.1, 0.15) is 12.4 Å². The predicted molar refractivity (Wildman–Crippen MR) is 74.8 cm³/mol. The zero-order valence-electron chi connectivity index (χ0n) is 9.68. The van der Waals surface area contributed by atoms with Crippen LogP contribution < -0.4 is 10.5 Å². The Labute approximate surface area is 110 Å². The Hall–Kier alpha value is -0.970. The van der Waals surface area contributed by atoms with Crippen molar-refractivity contribution in [1.82, 2.24) is 0 Å². The van der Waals surface area contributed by atoms with Gasteiger partial charge in [-0.05, 0) is 29.8 Å². The molecule has 0 radical (unpaired) electrons. The van der Waals surface area contributed by atoms with Crippen molar-refractivity contribution in [1.29, 1.82) is 0 Å². The van der Waals surface area contributed by atoms with E-state index in [9.17, 15) is 0 Å². The first kappa shape index (κ1) is 12.5. The summed E-state index contributed by atoms with van der Waals surface area (Å²) in [7, 11) is 0. The van der Waals surface area contributed by atoms with E-state index in [1.807, 2.05) is 18.2 Å². The van der Waals surface area contributed by atoms with Gasteiger partial charge in [-0.3, -0.25) is 0 Å². The number of thioether (sulfide) groups is 1. The minimum atomic E-state index is 0.511. The number of hydrogen-bond donors (Lipinski definition) is 1. The molecule has 0 amide bonds. The second kappa shape index (κ2) is 6.10. The lowest BCUT2D eigenvalue weighted by molar-refractivity contribution is 0.305. The summed E-state index contributed by atoms with van der Waals surface area (Å²) in [6.07, 6.45) is 2.05. The van der Waals surface area contributed by atoms with Crippen LogP contribution in [0.5, 0.6) is 5.75 Å². The van der Waals surface area contributed by atoms with Gasteiger partial charge in [0.15, 0.2) is 0 Å². The molecule has 2 rings (SSSR count). The predicted octanol–water partition coefficient (Wildman–Crippen LogP) is 3.51. The molecule has 0 saturated carbocycles. The first-order chi connectivity index (χ1) is 8.35.